The summed E-state index contributed by atoms with van der Waals surface area (Å²) in [5.41, 5.74) is 1.12. The van der Waals surface area contributed by atoms with Gasteiger partial charge < -0.3 is 10.4 Å². The molecule has 0 aliphatic heterocycles. The van der Waals surface area contributed by atoms with E-state index in [1.165, 1.54) is 13.8 Å². The van der Waals surface area contributed by atoms with Crippen LogP contribution >= 0.6 is 0 Å². The van der Waals surface area contributed by atoms with E-state index in [1.54, 1.807) is 24.1 Å². The van der Waals surface area contributed by atoms with Crippen LogP contribution in [0, 0.1) is 0 Å². The number of carboxylic acids is 1. The van der Waals surface area contributed by atoms with Crippen molar-refractivity contribution in [3.05, 3.63) is 29.1 Å². The lowest BCUT2D eigenvalue weighted by Crippen LogP contribution is -2.25. The fraction of sp³-hybridized carbons (Fsp3) is 0.364. The molecule has 6 nitrogen and oxygen atoms in total. The molecule has 1 rings (SSSR count). The third-order valence-electron chi connectivity index (χ3n) is 2.44. The summed E-state index contributed by atoms with van der Waals surface area (Å²) >= 11 is 0. The number of amides is 1. The van der Waals surface area contributed by atoms with Gasteiger partial charge >= 0.3 is 5.97 Å². The quantitative estimate of drug-likeness (QED) is 0.745. The Bertz CT molecular complexity index is 474. The maximum Gasteiger partial charge on any atom is 0.331 e. The van der Waals surface area contributed by atoms with E-state index in [1.807, 2.05) is 0 Å². The Balaban J connectivity index is 2.62. The summed E-state index contributed by atoms with van der Waals surface area (Å²) in [5, 5.41) is 15.3. The number of carboxylic acid groups (broad SMARTS) is 1. The third kappa shape index (κ3) is 3.44. The van der Waals surface area contributed by atoms with E-state index in [2.05, 4.69) is 10.4 Å². The Morgan fingerprint density at radius 2 is 2.06 bits per heavy atom. The van der Waals surface area contributed by atoms with E-state index < -0.39 is 5.97 Å². The average Bonchev–Trinajstić information content (AvgIpc) is 2.69. The highest BCUT2D eigenvalue weighted by Crippen LogP contribution is 2.04. The number of aliphatic carboxylic acids is 1. The van der Waals surface area contributed by atoms with Gasteiger partial charge in [0.05, 0.1) is 6.20 Å². The highest BCUT2D eigenvalue weighted by atomic mass is 16.4. The molecule has 1 aromatic heterocycles. The van der Waals surface area contributed by atoms with E-state index in [0.29, 0.717) is 6.54 Å². The molecule has 92 valence electrons. The van der Waals surface area contributed by atoms with Gasteiger partial charge in [0.2, 0.25) is 5.91 Å². The number of nitrogens with zero attached hydrogens (tertiary/aromatic N) is 2. The van der Waals surface area contributed by atoms with Crippen LogP contribution in [-0.4, -0.2) is 26.8 Å². The van der Waals surface area contributed by atoms with Gasteiger partial charge in [-0.25, -0.2) is 4.79 Å². The first-order chi connectivity index (χ1) is 7.91. The van der Waals surface area contributed by atoms with E-state index in [0.717, 1.165) is 5.56 Å². The lowest BCUT2D eigenvalue weighted by atomic mass is 10.1. The van der Waals surface area contributed by atoms with Crippen molar-refractivity contribution >= 4 is 11.9 Å². The molecule has 2 N–H and O–H groups in total. The fourth-order valence-electron chi connectivity index (χ4n) is 1.21. The first-order valence-electron chi connectivity index (χ1n) is 5.08. The molecular formula is C11H15N3O3. The summed E-state index contributed by atoms with van der Waals surface area (Å²) in [6.07, 6.45) is 3.42. The van der Waals surface area contributed by atoms with Gasteiger partial charge in [-0.05, 0) is 13.8 Å². The smallest absolute Gasteiger partial charge is 0.331 e. The highest BCUT2D eigenvalue weighted by molar-refractivity contribution is 6.01. The standard InChI is InChI=1S/C11H15N3O3/c1-7(8(2)11(16)17)10(15)12-4-9-5-13-14(3)6-9/h5-6H,4H2,1-3H3,(H,12,15)(H,16,17). The number of carbonyl (C=O) groups is 2. The predicted octanol–water partition coefficient (Wildman–Crippen LogP) is 0.457. The van der Waals surface area contributed by atoms with E-state index in [9.17, 15) is 9.59 Å². The summed E-state index contributed by atoms with van der Waals surface area (Å²) in [4.78, 5) is 22.3. The van der Waals surface area contributed by atoms with Crippen molar-refractivity contribution in [1.29, 1.82) is 0 Å². The molecule has 0 fully saturated rings. The number of aryl methyl sites for hydroxylation is 1. The Kier molecular flexibility index (Phi) is 4.03. The maximum absolute atomic E-state index is 11.6. The highest BCUT2D eigenvalue weighted by Gasteiger charge is 2.12. The lowest BCUT2D eigenvalue weighted by molar-refractivity contribution is -0.133. The molecule has 0 unspecified atom stereocenters. The third-order valence-corrected chi connectivity index (χ3v) is 2.44. The van der Waals surface area contributed by atoms with Gasteiger partial charge in [-0.2, -0.15) is 5.10 Å². The first kappa shape index (κ1) is 13.0. The minimum Gasteiger partial charge on any atom is -0.478 e. The Labute approximate surface area is 98.9 Å². The summed E-state index contributed by atoms with van der Waals surface area (Å²) < 4.78 is 1.63. The van der Waals surface area contributed by atoms with E-state index in [4.69, 9.17) is 5.11 Å². The second-order valence-corrected chi connectivity index (χ2v) is 3.76. The number of carbonyl (C=O) groups excluding carboxylic acids is 1. The number of aromatic nitrogens is 2. The zero-order chi connectivity index (χ0) is 13.0. The molecule has 1 heterocycles. The van der Waals surface area contributed by atoms with E-state index >= 15 is 0 Å². The van der Waals surface area contributed by atoms with Crippen LogP contribution in [0.5, 0.6) is 0 Å². The lowest BCUT2D eigenvalue weighted by Gasteiger charge is -2.05. The topological polar surface area (TPSA) is 84.2 Å². The molecule has 17 heavy (non-hydrogen) atoms. The van der Waals surface area contributed by atoms with Crippen LogP contribution in [-0.2, 0) is 23.2 Å². The zero-order valence-electron chi connectivity index (χ0n) is 10.0. The number of hydrogen-bond donors (Lipinski definition) is 2. The summed E-state index contributed by atoms with van der Waals surface area (Å²) in [7, 11) is 1.78. The molecule has 0 atom stereocenters. The van der Waals surface area contributed by atoms with Crippen molar-refractivity contribution in [2.45, 2.75) is 20.4 Å². The van der Waals surface area contributed by atoms with Crippen molar-refractivity contribution in [3.63, 3.8) is 0 Å². The van der Waals surface area contributed by atoms with Crippen molar-refractivity contribution in [3.8, 4) is 0 Å². The second kappa shape index (κ2) is 5.29. The molecule has 0 radical (unpaired) electrons. The normalized spacial score (nSPS) is 11.9. The van der Waals surface area contributed by atoms with Crippen LogP contribution in [0.1, 0.15) is 19.4 Å². The summed E-state index contributed by atoms with van der Waals surface area (Å²) in [5.74, 6) is -1.47. The van der Waals surface area contributed by atoms with Crippen LogP contribution < -0.4 is 5.32 Å². The van der Waals surface area contributed by atoms with Crippen LogP contribution in [0.4, 0.5) is 0 Å². The Morgan fingerprint density at radius 3 is 2.53 bits per heavy atom. The van der Waals surface area contributed by atoms with Gasteiger partial charge in [0.1, 0.15) is 0 Å². The zero-order valence-corrected chi connectivity index (χ0v) is 10.0. The predicted molar refractivity (Wildman–Crippen MR) is 61.1 cm³/mol. The summed E-state index contributed by atoms with van der Waals surface area (Å²) in [6.45, 7) is 3.22. The monoisotopic (exact) mass is 237 g/mol. The van der Waals surface area contributed by atoms with Crippen LogP contribution in [0.25, 0.3) is 0 Å². The average molecular weight is 237 g/mol. The van der Waals surface area contributed by atoms with Crippen LogP contribution in [0.2, 0.25) is 0 Å². The molecule has 0 aliphatic carbocycles. The van der Waals surface area contributed by atoms with Gasteiger partial charge in [0, 0.05) is 36.5 Å². The molecule has 6 heteroatoms. The molecule has 0 aromatic carbocycles. The van der Waals surface area contributed by atoms with Gasteiger partial charge in [0.25, 0.3) is 0 Å². The minimum atomic E-state index is -1.08. The SMILES string of the molecule is CC(C(=O)O)=C(C)C(=O)NCc1cnn(C)c1. The van der Waals surface area contributed by atoms with Gasteiger partial charge in [0.15, 0.2) is 0 Å². The molecule has 0 saturated carbocycles. The van der Waals surface area contributed by atoms with Gasteiger partial charge in [-0.1, -0.05) is 0 Å². The van der Waals surface area contributed by atoms with Gasteiger partial charge in [-0.3, -0.25) is 9.48 Å². The molecule has 0 aliphatic rings. The summed E-state index contributed by atoms with van der Waals surface area (Å²) in [6, 6.07) is 0. The van der Waals surface area contributed by atoms with Crippen LogP contribution in [0.3, 0.4) is 0 Å². The van der Waals surface area contributed by atoms with Gasteiger partial charge in [-0.15, -0.1) is 0 Å². The molecule has 1 amide bonds. The van der Waals surface area contributed by atoms with Crippen LogP contribution in [0.15, 0.2) is 23.5 Å². The molecule has 0 bridgehead atoms. The van der Waals surface area contributed by atoms with Crippen molar-refractivity contribution in [2.75, 3.05) is 0 Å². The minimum absolute atomic E-state index is 0.0497. The Hall–Kier alpha value is -2.11. The molecule has 0 spiro atoms. The second-order valence-electron chi connectivity index (χ2n) is 3.76. The van der Waals surface area contributed by atoms with Crippen molar-refractivity contribution in [1.82, 2.24) is 15.1 Å². The molecule has 0 saturated heterocycles. The number of hydrogen-bond acceptors (Lipinski definition) is 3. The Morgan fingerprint density at radius 1 is 1.41 bits per heavy atom. The fourth-order valence-corrected chi connectivity index (χ4v) is 1.21. The maximum atomic E-state index is 11.6. The largest absolute Gasteiger partial charge is 0.478 e. The molecular weight excluding hydrogens is 222 g/mol. The number of nitrogens with one attached hydrogen (secondary N) is 1. The first-order valence-corrected chi connectivity index (χ1v) is 5.08. The van der Waals surface area contributed by atoms with E-state index in [-0.39, 0.29) is 17.1 Å². The molecule has 1 aromatic rings. The van der Waals surface area contributed by atoms with Crippen molar-refractivity contribution in [2.24, 2.45) is 7.05 Å². The van der Waals surface area contributed by atoms with Crippen molar-refractivity contribution < 1.29 is 14.7 Å². The number of rotatable bonds is 4.